The second kappa shape index (κ2) is 4.09. The van der Waals surface area contributed by atoms with E-state index in [2.05, 4.69) is 27.7 Å². The van der Waals surface area contributed by atoms with Gasteiger partial charge in [0.2, 0.25) is 0 Å². The molecular formula is C18H30O. The minimum atomic E-state index is 0.0757. The Morgan fingerprint density at radius 3 is 2.16 bits per heavy atom. The number of carbonyl (C=O) groups excluding carboxylic acids is 1. The van der Waals surface area contributed by atoms with Gasteiger partial charge in [0.1, 0.15) is 5.78 Å². The number of Topliss-reactive ketones (excluding diaryl/α,β-unsaturated/α-hetero) is 1. The van der Waals surface area contributed by atoms with Crippen molar-refractivity contribution in [3.8, 4) is 0 Å². The Hall–Kier alpha value is -0.330. The maximum atomic E-state index is 13.0. The molecule has 1 heteroatoms. The van der Waals surface area contributed by atoms with Crippen LogP contribution in [0.3, 0.4) is 0 Å². The Labute approximate surface area is 118 Å². The highest BCUT2D eigenvalue weighted by Gasteiger charge is 2.62. The Kier molecular flexibility index (Phi) is 2.93. The van der Waals surface area contributed by atoms with Gasteiger partial charge in [0.05, 0.1) is 0 Å². The van der Waals surface area contributed by atoms with Gasteiger partial charge in [-0.2, -0.15) is 0 Å². The lowest BCUT2D eigenvalue weighted by atomic mass is 9.39. The molecule has 4 aliphatic carbocycles. The van der Waals surface area contributed by atoms with Crippen LogP contribution in [0.15, 0.2) is 0 Å². The van der Waals surface area contributed by atoms with E-state index in [0.29, 0.717) is 22.5 Å². The minimum absolute atomic E-state index is 0.0757. The number of rotatable bonds is 4. The second-order valence-corrected chi connectivity index (χ2v) is 9.05. The van der Waals surface area contributed by atoms with Crippen LogP contribution < -0.4 is 0 Å². The largest absolute Gasteiger partial charge is 0.299 e. The third kappa shape index (κ3) is 2.17. The molecule has 4 saturated carbocycles. The monoisotopic (exact) mass is 262 g/mol. The molecule has 108 valence electrons. The molecule has 3 unspecified atom stereocenters. The molecule has 4 fully saturated rings. The number of ketones is 1. The van der Waals surface area contributed by atoms with E-state index < -0.39 is 0 Å². The quantitative estimate of drug-likeness (QED) is 0.697. The SMILES string of the molecule is CCC(C)CC(=O)C12CC3CC(C)(CC(C)(C3)C1)C2. The zero-order valence-electron chi connectivity index (χ0n) is 13.2. The molecule has 0 aromatic rings. The molecule has 0 saturated heterocycles. The molecule has 0 N–H and O–H groups in total. The molecule has 0 heterocycles. The fourth-order valence-electron chi connectivity index (χ4n) is 6.44. The molecule has 3 atom stereocenters. The third-order valence-corrected chi connectivity index (χ3v) is 6.45. The maximum Gasteiger partial charge on any atom is 0.139 e. The first kappa shape index (κ1) is 13.6. The maximum absolute atomic E-state index is 13.0. The molecule has 4 bridgehead atoms. The highest BCUT2D eigenvalue weighted by atomic mass is 16.1. The van der Waals surface area contributed by atoms with E-state index in [1.165, 1.54) is 38.5 Å². The van der Waals surface area contributed by atoms with Crippen LogP contribution >= 0.6 is 0 Å². The lowest BCUT2D eigenvalue weighted by molar-refractivity contribution is -0.168. The summed E-state index contributed by atoms with van der Waals surface area (Å²) in [6.07, 6.45) is 9.72. The second-order valence-electron chi connectivity index (χ2n) is 9.05. The first-order valence-electron chi connectivity index (χ1n) is 8.32. The number of carbonyl (C=O) groups is 1. The summed E-state index contributed by atoms with van der Waals surface area (Å²) in [6.45, 7) is 9.37. The summed E-state index contributed by atoms with van der Waals surface area (Å²) in [7, 11) is 0. The van der Waals surface area contributed by atoms with Crippen molar-refractivity contribution in [2.45, 2.75) is 79.1 Å². The molecule has 0 amide bonds. The van der Waals surface area contributed by atoms with Gasteiger partial charge in [0, 0.05) is 11.8 Å². The zero-order chi connectivity index (χ0) is 13.9. The van der Waals surface area contributed by atoms with E-state index >= 15 is 0 Å². The van der Waals surface area contributed by atoms with Gasteiger partial charge >= 0.3 is 0 Å². The Morgan fingerprint density at radius 2 is 1.68 bits per heavy atom. The van der Waals surface area contributed by atoms with Crippen LogP contribution in [0.2, 0.25) is 0 Å². The van der Waals surface area contributed by atoms with Crippen molar-refractivity contribution in [2.75, 3.05) is 0 Å². The van der Waals surface area contributed by atoms with Crippen molar-refractivity contribution in [1.29, 1.82) is 0 Å². The van der Waals surface area contributed by atoms with Gasteiger partial charge in [0.25, 0.3) is 0 Å². The van der Waals surface area contributed by atoms with Crippen LogP contribution in [-0.2, 0) is 4.79 Å². The van der Waals surface area contributed by atoms with Gasteiger partial charge in [-0.15, -0.1) is 0 Å². The summed E-state index contributed by atoms with van der Waals surface area (Å²) in [5.74, 6) is 2.02. The first-order chi connectivity index (χ1) is 8.78. The minimum Gasteiger partial charge on any atom is -0.299 e. The topological polar surface area (TPSA) is 17.1 Å². The number of hydrogen-bond donors (Lipinski definition) is 0. The standard InChI is InChI=1S/C18H30O/c1-5-13(2)6-15(19)18-9-14-7-16(3,11-18)10-17(4,8-14)12-18/h13-14H,5-12H2,1-4H3. The van der Waals surface area contributed by atoms with Crippen molar-refractivity contribution in [3.63, 3.8) is 0 Å². The van der Waals surface area contributed by atoms with E-state index in [9.17, 15) is 4.79 Å². The molecule has 0 aliphatic heterocycles. The summed E-state index contributed by atoms with van der Waals surface area (Å²) in [5.41, 5.74) is 1.02. The molecule has 4 aliphatic rings. The fourth-order valence-corrected chi connectivity index (χ4v) is 6.44. The zero-order valence-corrected chi connectivity index (χ0v) is 13.2. The molecule has 0 aromatic carbocycles. The van der Waals surface area contributed by atoms with Gasteiger partial charge in [0.15, 0.2) is 0 Å². The fraction of sp³-hybridized carbons (Fsp3) is 0.944. The van der Waals surface area contributed by atoms with Crippen LogP contribution in [0.4, 0.5) is 0 Å². The third-order valence-electron chi connectivity index (χ3n) is 6.45. The first-order valence-corrected chi connectivity index (χ1v) is 8.32. The van der Waals surface area contributed by atoms with Gasteiger partial charge < -0.3 is 0 Å². The van der Waals surface area contributed by atoms with Gasteiger partial charge in [-0.3, -0.25) is 4.79 Å². The molecule has 19 heavy (non-hydrogen) atoms. The van der Waals surface area contributed by atoms with E-state index in [0.717, 1.165) is 18.8 Å². The van der Waals surface area contributed by atoms with Crippen molar-refractivity contribution in [3.05, 3.63) is 0 Å². The average molecular weight is 262 g/mol. The van der Waals surface area contributed by atoms with Gasteiger partial charge in [-0.25, -0.2) is 0 Å². The van der Waals surface area contributed by atoms with Crippen molar-refractivity contribution >= 4 is 5.78 Å². The van der Waals surface area contributed by atoms with E-state index in [-0.39, 0.29) is 5.41 Å². The summed E-state index contributed by atoms with van der Waals surface area (Å²) < 4.78 is 0. The highest BCUT2D eigenvalue weighted by Crippen LogP contribution is 2.69. The van der Waals surface area contributed by atoms with E-state index in [1.807, 2.05) is 0 Å². The molecule has 1 nitrogen and oxygen atoms in total. The molecular weight excluding hydrogens is 232 g/mol. The predicted molar refractivity (Wildman–Crippen MR) is 78.9 cm³/mol. The van der Waals surface area contributed by atoms with E-state index in [4.69, 9.17) is 0 Å². The van der Waals surface area contributed by atoms with Crippen molar-refractivity contribution < 1.29 is 4.79 Å². The van der Waals surface area contributed by atoms with Crippen LogP contribution in [0, 0.1) is 28.1 Å². The normalized spacial score (nSPS) is 49.4. The molecule has 0 spiro atoms. The summed E-state index contributed by atoms with van der Waals surface area (Å²) in [5, 5.41) is 0. The Balaban J connectivity index is 1.86. The van der Waals surface area contributed by atoms with Crippen LogP contribution in [0.1, 0.15) is 79.1 Å². The van der Waals surface area contributed by atoms with Crippen molar-refractivity contribution in [1.82, 2.24) is 0 Å². The summed E-state index contributed by atoms with van der Waals surface area (Å²) in [6, 6.07) is 0. The summed E-state index contributed by atoms with van der Waals surface area (Å²) in [4.78, 5) is 13.0. The predicted octanol–water partition coefficient (Wildman–Crippen LogP) is 4.99. The van der Waals surface area contributed by atoms with Crippen LogP contribution in [0.5, 0.6) is 0 Å². The van der Waals surface area contributed by atoms with E-state index in [1.54, 1.807) is 0 Å². The lowest BCUT2D eigenvalue weighted by Crippen LogP contribution is -2.57. The lowest BCUT2D eigenvalue weighted by Gasteiger charge is -2.65. The van der Waals surface area contributed by atoms with Gasteiger partial charge in [-0.05, 0) is 61.2 Å². The van der Waals surface area contributed by atoms with Crippen LogP contribution in [0.25, 0.3) is 0 Å². The molecule has 0 radical (unpaired) electrons. The Morgan fingerprint density at radius 1 is 1.11 bits per heavy atom. The van der Waals surface area contributed by atoms with Gasteiger partial charge in [-0.1, -0.05) is 34.1 Å². The van der Waals surface area contributed by atoms with Crippen LogP contribution in [-0.4, -0.2) is 5.78 Å². The average Bonchev–Trinajstić information content (AvgIpc) is 2.23. The summed E-state index contributed by atoms with van der Waals surface area (Å²) >= 11 is 0. The van der Waals surface area contributed by atoms with Crippen molar-refractivity contribution in [2.24, 2.45) is 28.1 Å². The Bertz CT molecular complexity index is 378. The molecule has 4 rings (SSSR count). The number of hydrogen-bond acceptors (Lipinski definition) is 1. The highest BCUT2D eigenvalue weighted by molar-refractivity contribution is 5.85. The molecule has 0 aromatic heterocycles. The smallest absolute Gasteiger partial charge is 0.139 e.